The molecule has 0 aromatic heterocycles. The zero-order valence-corrected chi connectivity index (χ0v) is 21.2. The summed E-state index contributed by atoms with van der Waals surface area (Å²) in [5.41, 5.74) is -1.14. The summed E-state index contributed by atoms with van der Waals surface area (Å²) in [5, 5.41) is 32.0. The maximum absolute atomic E-state index is 12.5. The summed E-state index contributed by atoms with van der Waals surface area (Å²) in [5.74, 6) is -1.41. The SMILES string of the molecule is CC(=O)O[C@H]1/C=C/[C@H](C)[C@@H](/C(C)=C/C=C/C(C)(O)c2ccccc2)OC(=O)C[C@H](O)CC[C@@]1(C)O. The molecule has 1 heterocycles. The Morgan fingerprint density at radius 2 is 1.89 bits per heavy atom. The second-order valence-electron chi connectivity index (χ2n) is 9.72. The molecule has 6 atom stereocenters. The van der Waals surface area contributed by atoms with Gasteiger partial charge in [0.25, 0.3) is 0 Å². The number of rotatable bonds is 5. The largest absolute Gasteiger partial charge is 0.457 e. The fourth-order valence-corrected chi connectivity index (χ4v) is 3.98. The maximum atomic E-state index is 12.5. The third kappa shape index (κ3) is 8.76. The lowest BCUT2D eigenvalue weighted by molar-refractivity contribution is -0.157. The lowest BCUT2D eigenvalue weighted by atomic mass is 9.88. The van der Waals surface area contributed by atoms with Crippen molar-refractivity contribution in [1.82, 2.24) is 0 Å². The van der Waals surface area contributed by atoms with Gasteiger partial charge in [0.05, 0.1) is 12.5 Å². The molecule has 1 aromatic rings. The van der Waals surface area contributed by atoms with Crippen LogP contribution in [-0.4, -0.2) is 51.2 Å². The van der Waals surface area contributed by atoms with Crippen molar-refractivity contribution in [3.05, 3.63) is 71.8 Å². The Morgan fingerprint density at radius 1 is 1.23 bits per heavy atom. The summed E-state index contributed by atoms with van der Waals surface area (Å²) < 4.78 is 11.1. The van der Waals surface area contributed by atoms with Gasteiger partial charge >= 0.3 is 11.9 Å². The number of hydrogen-bond donors (Lipinski definition) is 3. The van der Waals surface area contributed by atoms with Gasteiger partial charge in [-0.2, -0.15) is 0 Å². The first-order valence-corrected chi connectivity index (χ1v) is 11.9. The van der Waals surface area contributed by atoms with Crippen molar-refractivity contribution >= 4 is 11.9 Å². The van der Waals surface area contributed by atoms with Crippen LogP contribution in [0.2, 0.25) is 0 Å². The van der Waals surface area contributed by atoms with Gasteiger partial charge < -0.3 is 24.8 Å². The predicted molar refractivity (Wildman–Crippen MR) is 133 cm³/mol. The maximum Gasteiger partial charge on any atom is 0.309 e. The van der Waals surface area contributed by atoms with Gasteiger partial charge in [0.1, 0.15) is 23.4 Å². The van der Waals surface area contributed by atoms with E-state index in [0.29, 0.717) is 0 Å². The molecular formula is C28H38O7. The molecule has 7 heteroatoms. The van der Waals surface area contributed by atoms with Crippen LogP contribution in [0.5, 0.6) is 0 Å². The molecular weight excluding hydrogens is 448 g/mol. The van der Waals surface area contributed by atoms with Crippen LogP contribution in [0.3, 0.4) is 0 Å². The van der Waals surface area contributed by atoms with Crippen molar-refractivity contribution in [3.63, 3.8) is 0 Å². The second-order valence-corrected chi connectivity index (χ2v) is 9.72. The van der Waals surface area contributed by atoms with Gasteiger partial charge in [-0.3, -0.25) is 9.59 Å². The van der Waals surface area contributed by atoms with Crippen molar-refractivity contribution in [2.75, 3.05) is 0 Å². The van der Waals surface area contributed by atoms with Gasteiger partial charge in [0, 0.05) is 12.8 Å². The Labute approximate surface area is 207 Å². The first-order chi connectivity index (χ1) is 16.3. The smallest absolute Gasteiger partial charge is 0.309 e. The number of carbonyl (C=O) groups is 2. The van der Waals surface area contributed by atoms with E-state index in [1.807, 2.05) is 44.2 Å². The van der Waals surface area contributed by atoms with E-state index in [1.165, 1.54) is 6.92 Å². The van der Waals surface area contributed by atoms with Crippen LogP contribution in [0.1, 0.15) is 59.4 Å². The molecule has 192 valence electrons. The summed E-state index contributed by atoms with van der Waals surface area (Å²) in [4.78, 5) is 24.2. The van der Waals surface area contributed by atoms with Crippen LogP contribution in [0.4, 0.5) is 0 Å². The molecule has 0 aliphatic carbocycles. The van der Waals surface area contributed by atoms with Gasteiger partial charge in [0.2, 0.25) is 0 Å². The molecule has 1 aliphatic rings. The first kappa shape index (κ1) is 28.5. The van der Waals surface area contributed by atoms with Gasteiger partial charge in [-0.25, -0.2) is 0 Å². The van der Waals surface area contributed by atoms with Gasteiger partial charge in [-0.15, -0.1) is 0 Å². The zero-order chi connectivity index (χ0) is 26.2. The fraction of sp³-hybridized carbons (Fsp3) is 0.500. The van der Waals surface area contributed by atoms with E-state index in [9.17, 15) is 24.9 Å². The van der Waals surface area contributed by atoms with Crippen molar-refractivity contribution < 1.29 is 34.4 Å². The average Bonchev–Trinajstić information content (AvgIpc) is 2.78. The first-order valence-electron chi connectivity index (χ1n) is 11.9. The lowest BCUT2D eigenvalue weighted by Crippen LogP contribution is -2.42. The molecule has 0 saturated carbocycles. The number of carbonyl (C=O) groups excluding carboxylic acids is 2. The van der Waals surface area contributed by atoms with E-state index in [2.05, 4.69) is 0 Å². The predicted octanol–water partition coefficient (Wildman–Crippen LogP) is 3.73. The normalized spacial score (nSPS) is 31.5. The lowest BCUT2D eigenvalue weighted by Gasteiger charge is -2.32. The molecule has 1 aliphatic heterocycles. The highest BCUT2D eigenvalue weighted by Crippen LogP contribution is 2.27. The highest BCUT2D eigenvalue weighted by molar-refractivity contribution is 5.70. The Hall–Kier alpha value is -2.74. The molecule has 0 amide bonds. The highest BCUT2D eigenvalue weighted by atomic mass is 16.6. The van der Waals surface area contributed by atoms with E-state index in [-0.39, 0.29) is 25.2 Å². The Morgan fingerprint density at radius 3 is 2.51 bits per heavy atom. The van der Waals surface area contributed by atoms with Gasteiger partial charge in [-0.05, 0) is 56.9 Å². The summed E-state index contributed by atoms with van der Waals surface area (Å²) >= 11 is 0. The quantitative estimate of drug-likeness (QED) is 0.330. The Kier molecular flexibility index (Phi) is 10.0. The van der Waals surface area contributed by atoms with Crippen molar-refractivity contribution in [1.29, 1.82) is 0 Å². The van der Waals surface area contributed by atoms with E-state index in [1.54, 1.807) is 44.2 Å². The van der Waals surface area contributed by atoms with Gasteiger partial charge in [-0.1, -0.05) is 55.5 Å². The second kappa shape index (κ2) is 12.3. The number of cyclic esters (lactones) is 1. The number of aliphatic hydroxyl groups excluding tert-OH is 1. The molecule has 0 fully saturated rings. The van der Waals surface area contributed by atoms with Crippen molar-refractivity contribution in [3.8, 4) is 0 Å². The van der Waals surface area contributed by atoms with Crippen molar-refractivity contribution in [2.45, 2.75) is 83.4 Å². The van der Waals surface area contributed by atoms with Crippen molar-refractivity contribution in [2.24, 2.45) is 5.92 Å². The molecule has 0 radical (unpaired) electrons. The zero-order valence-electron chi connectivity index (χ0n) is 21.2. The molecule has 3 N–H and O–H groups in total. The van der Waals surface area contributed by atoms with Gasteiger partial charge in [0.15, 0.2) is 0 Å². The molecule has 7 nitrogen and oxygen atoms in total. The minimum Gasteiger partial charge on any atom is -0.457 e. The van der Waals surface area contributed by atoms with E-state index in [4.69, 9.17) is 9.47 Å². The number of allylic oxidation sites excluding steroid dienone is 2. The molecule has 1 aromatic carbocycles. The molecule has 2 rings (SSSR count). The van der Waals surface area contributed by atoms with Crippen LogP contribution in [0, 0.1) is 5.92 Å². The minimum atomic E-state index is -1.42. The molecule has 0 spiro atoms. The minimum absolute atomic E-state index is 0.132. The van der Waals surface area contributed by atoms with E-state index >= 15 is 0 Å². The monoisotopic (exact) mass is 486 g/mol. The van der Waals surface area contributed by atoms with Crippen LogP contribution < -0.4 is 0 Å². The average molecular weight is 487 g/mol. The number of benzene rings is 1. The Balaban J connectivity index is 2.33. The van der Waals surface area contributed by atoms with Crippen LogP contribution in [-0.2, 0) is 24.7 Å². The summed E-state index contributed by atoms with van der Waals surface area (Å²) in [7, 11) is 0. The standard InChI is InChI=1S/C28H38O7/c1-19(10-9-16-27(4,32)22-11-7-6-8-12-22)26-20(2)13-14-24(34-21(3)29)28(5,33)17-15-23(30)18-25(31)35-26/h6-14,16,20,23-24,26,30,32-33H,15,17-18H2,1-5H3/b14-13+,16-9+,19-10+/t20-,23+,24-,26+,27?,28+/m0/s1. The third-order valence-electron chi connectivity index (χ3n) is 6.20. The number of aliphatic hydroxyl groups is 3. The molecule has 35 heavy (non-hydrogen) atoms. The summed E-state index contributed by atoms with van der Waals surface area (Å²) in [6.07, 6.45) is 5.95. The van der Waals surface area contributed by atoms with E-state index < -0.39 is 41.5 Å². The third-order valence-corrected chi connectivity index (χ3v) is 6.20. The fourth-order valence-electron chi connectivity index (χ4n) is 3.98. The molecule has 1 unspecified atom stereocenters. The van der Waals surface area contributed by atoms with Crippen LogP contribution >= 0.6 is 0 Å². The summed E-state index contributed by atoms with van der Waals surface area (Å²) in [6.45, 7) is 8.15. The van der Waals surface area contributed by atoms with Crippen LogP contribution in [0.15, 0.2) is 66.3 Å². The topological polar surface area (TPSA) is 113 Å². The number of ether oxygens (including phenoxy) is 2. The summed E-state index contributed by atoms with van der Waals surface area (Å²) in [6, 6.07) is 9.25. The molecule has 0 bridgehead atoms. The highest BCUT2D eigenvalue weighted by Gasteiger charge is 2.35. The number of esters is 2. The molecule has 0 saturated heterocycles. The number of hydrogen-bond acceptors (Lipinski definition) is 7. The van der Waals surface area contributed by atoms with E-state index in [0.717, 1.165) is 11.1 Å². The van der Waals surface area contributed by atoms with Crippen LogP contribution in [0.25, 0.3) is 0 Å². The Bertz CT molecular complexity index is 943.